The van der Waals surface area contributed by atoms with Crippen LogP contribution in [0.4, 0.5) is 0 Å². The second-order valence-corrected chi connectivity index (χ2v) is 8.82. The standard InChI is InChI=1S/C23H35N3O6/c1-14-15(2)20-17(16(3)19(14)28)5-6-23(4,32-20)22(30)25-18(13-27)21(29)24-7-8-26-9-11-31-12-10-26/h18,27-28H,5-13H2,1-4H3,(H,24,29)(H,25,30)/t18-,23?/m0/s1. The first-order valence-electron chi connectivity index (χ1n) is 11.2. The van der Waals surface area contributed by atoms with Crippen LogP contribution in [0, 0.1) is 20.8 Å². The summed E-state index contributed by atoms with van der Waals surface area (Å²) in [7, 11) is 0. The maximum Gasteiger partial charge on any atom is 0.264 e. The third-order valence-corrected chi connectivity index (χ3v) is 6.64. The van der Waals surface area contributed by atoms with Crippen LogP contribution in [0.1, 0.15) is 35.6 Å². The Labute approximate surface area is 189 Å². The maximum absolute atomic E-state index is 13.1. The van der Waals surface area contributed by atoms with E-state index in [-0.39, 0.29) is 5.75 Å². The van der Waals surface area contributed by atoms with Crippen molar-refractivity contribution in [3.8, 4) is 11.5 Å². The van der Waals surface area contributed by atoms with E-state index in [4.69, 9.17) is 9.47 Å². The lowest BCUT2D eigenvalue weighted by molar-refractivity contribution is -0.140. The zero-order chi connectivity index (χ0) is 23.5. The van der Waals surface area contributed by atoms with Gasteiger partial charge in [0.05, 0.1) is 19.8 Å². The zero-order valence-electron chi connectivity index (χ0n) is 19.4. The molecule has 0 saturated carbocycles. The van der Waals surface area contributed by atoms with E-state index < -0.39 is 30.1 Å². The summed E-state index contributed by atoms with van der Waals surface area (Å²) in [4.78, 5) is 27.8. The fraction of sp³-hybridized carbons (Fsp3) is 0.652. The van der Waals surface area contributed by atoms with Gasteiger partial charge >= 0.3 is 0 Å². The molecule has 1 saturated heterocycles. The fourth-order valence-electron chi connectivity index (χ4n) is 4.20. The molecule has 2 aliphatic heterocycles. The summed E-state index contributed by atoms with van der Waals surface area (Å²) < 4.78 is 11.5. The molecule has 2 atom stereocenters. The number of hydrogen-bond donors (Lipinski definition) is 4. The van der Waals surface area contributed by atoms with E-state index in [1.165, 1.54) is 0 Å². The number of phenolic OH excluding ortho intramolecular Hbond substituents is 1. The predicted octanol–water partition coefficient (Wildman–Crippen LogP) is 0.327. The van der Waals surface area contributed by atoms with E-state index >= 15 is 0 Å². The Bertz CT molecular complexity index is 868. The van der Waals surface area contributed by atoms with Crippen molar-refractivity contribution in [1.29, 1.82) is 0 Å². The first-order valence-corrected chi connectivity index (χ1v) is 11.2. The van der Waals surface area contributed by atoms with Crippen LogP contribution >= 0.6 is 0 Å². The largest absolute Gasteiger partial charge is 0.507 e. The van der Waals surface area contributed by atoms with E-state index in [2.05, 4.69) is 15.5 Å². The number of aliphatic hydroxyl groups excluding tert-OH is 1. The highest BCUT2D eigenvalue weighted by Gasteiger charge is 2.42. The second kappa shape index (κ2) is 10.1. The van der Waals surface area contributed by atoms with Crippen LogP contribution in [0.2, 0.25) is 0 Å². The number of phenols is 1. The zero-order valence-corrected chi connectivity index (χ0v) is 19.4. The third kappa shape index (κ3) is 5.00. The number of ether oxygens (including phenoxy) is 2. The second-order valence-electron chi connectivity index (χ2n) is 8.82. The van der Waals surface area contributed by atoms with E-state index in [0.29, 0.717) is 44.9 Å². The van der Waals surface area contributed by atoms with Crippen LogP contribution in [-0.4, -0.2) is 84.6 Å². The average molecular weight is 450 g/mol. The smallest absolute Gasteiger partial charge is 0.264 e. The van der Waals surface area contributed by atoms with Crippen LogP contribution < -0.4 is 15.4 Å². The third-order valence-electron chi connectivity index (χ3n) is 6.64. The van der Waals surface area contributed by atoms with Crippen LogP contribution in [0.5, 0.6) is 11.5 Å². The Balaban J connectivity index is 1.61. The number of aliphatic hydroxyl groups is 1. The summed E-state index contributed by atoms with van der Waals surface area (Å²) in [5.74, 6) is -0.0146. The predicted molar refractivity (Wildman–Crippen MR) is 119 cm³/mol. The molecule has 2 aliphatic rings. The number of fused-ring (bicyclic) bond motifs is 1. The highest BCUT2D eigenvalue weighted by atomic mass is 16.5. The maximum atomic E-state index is 13.1. The van der Waals surface area contributed by atoms with Crippen molar-refractivity contribution in [2.75, 3.05) is 46.0 Å². The molecular formula is C23H35N3O6. The van der Waals surface area contributed by atoms with Gasteiger partial charge in [0.2, 0.25) is 5.91 Å². The van der Waals surface area contributed by atoms with Gasteiger partial charge in [-0.15, -0.1) is 0 Å². The van der Waals surface area contributed by atoms with Gasteiger partial charge in [0.15, 0.2) is 5.60 Å². The molecule has 2 amide bonds. The molecule has 9 heteroatoms. The first kappa shape index (κ1) is 24.3. The van der Waals surface area contributed by atoms with Gasteiger partial charge in [0.1, 0.15) is 17.5 Å². The van der Waals surface area contributed by atoms with E-state index in [1.807, 2.05) is 20.8 Å². The first-order chi connectivity index (χ1) is 15.2. The molecule has 3 rings (SSSR count). The number of amides is 2. The molecule has 32 heavy (non-hydrogen) atoms. The van der Waals surface area contributed by atoms with Gasteiger partial charge in [-0.2, -0.15) is 0 Å². The van der Waals surface area contributed by atoms with Crippen LogP contribution in [0.3, 0.4) is 0 Å². The van der Waals surface area contributed by atoms with Gasteiger partial charge in [-0.1, -0.05) is 0 Å². The highest BCUT2D eigenvalue weighted by molar-refractivity contribution is 5.92. The molecule has 1 aromatic carbocycles. The molecule has 9 nitrogen and oxygen atoms in total. The lowest BCUT2D eigenvalue weighted by atomic mass is 9.86. The lowest BCUT2D eigenvalue weighted by Gasteiger charge is -2.37. The minimum absolute atomic E-state index is 0.256. The SMILES string of the molecule is Cc1c(C)c2c(c(C)c1O)CCC(C)(C(=O)N[C@@H](CO)C(=O)NCCN1CCOCC1)O2. The van der Waals surface area contributed by atoms with Gasteiger partial charge in [-0.3, -0.25) is 14.5 Å². The molecule has 178 valence electrons. The summed E-state index contributed by atoms with van der Waals surface area (Å²) >= 11 is 0. The minimum Gasteiger partial charge on any atom is -0.507 e. The van der Waals surface area contributed by atoms with Crippen LogP contribution in [0.25, 0.3) is 0 Å². The molecule has 1 fully saturated rings. The molecule has 1 unspecified atom stereocenters. The van der Waals surface area contributed by atoms with Crippen LogP contribution in [0.15, 0.2) is 0 Å². The summed E-state index contributed by atoms with van der Waals surface area (Å²) in [6, 6.07) is -1.06. The molecule has 2 heterocycles. The van der Waals surface area contributed by atoms with E-state index in [0.717, 1.165) is 35.3 Å². The van der Waals surface area contributed by atoms with Crippen molar-refractivity contribution >= 4 is 11.8 Å². The summed E-state index contributed by atoms with van der Waals surface area (Å²) in [5.41, 5.74) is 1.99. The van der Waals surface area contributed by atoms with Gasteiger partial charge in [-0.25, -0.2) is 0 Å². The Morgan fingerprint density at radius 3 is 2.50 bits per heavy atom. The molecular weight excluding hydrogens is 414 g/mol. The number of nitrogens with zero attached hydrogens (tertiary/aromatic N) is 1. The van der Waals surface area contributed by atoms with Crippen molar-refractivity contribution in [2.45, 2.75) is 52.2 Å². The quantitative estimate of drug-likeness (QED) is 0.473. The average Bonchev–Trinajstić information content (AvgIpc) is 2.80. The van der Waals surface area contributed by atoms with Crippen LogP contribution in [-0.2, 0) is 20.7 Å². The molecule has 0 bridgehead atoms. The highest BCUT2D eigenvalue weighted by Crippen LogP contribution is 2.43. The Morgan fingerprint density at radius 1 is 1.16 bits per heavy atom. The number of carbonyl (C=O) groups is 2. The molecule has 1 aromatic rings. The Morgan fingerprint density at radius 2 is 1.84 bits per heavy atom. The van der Waals surface area contributed by atoms with Gasteiger partial charge in [0, 0.05) is 38.2 Å². The summed E-state index contributed by atoms with van der Waals surface area (Å²) in [6.45, 7) is 10.8. The van der Waals surface area contributed by atoms with Gasteiger partial charge in [0.25, 0.3) is 5.91 Å². The minimum atomic E-state index is -1.19. The Hall–Kier alpha value is -2.36. The topological polar surface area (TPSA) is 120 Å². The Kier molecular flexibility index (Phi) is 7.63. The number of hydrogen-bond acceptors (Lipinski definition) is 7. The molecule has 0 radical (unpaired) electrons. The van der Waals surface area contributed by atoms with Crippen molar-refractivity contribution < 1.29 is 29.3 Å². The lowest BCUT2D eigenvalue weighted by Crippen LogP contribution is -2.58. The normalized spacial score (nSPS) is 21.9. The number of benzene rings is 1. The molecule has 0 aliphatic carbocycles. The number of aromatic hydroxyl groups is 1. The van der Waals surface area contributed by atoms with Crippen molar-refractivity contribution in [1.82, 2.24) is 15.5 Å². The summed E-state index contributed by atoms with van der Waals surface area (Å²) in [5, 5.41) is 25.5. The van der Waals surface area contributed by atoms with Crippen molar-refractivity contribution in [2.24, 2.45) is 0 Å². The molecule has 0 aromatic heterocycles. The van der Waals surface area contributed by atoms with Gasteiger partial charge in [-0.05, 0) is 50.8 Å². The summed E-state index contributed by atoms with van der Waals surface area (Å²) in [6.07, 6.45) is 0.959. The number of nitrogens with one attached hydrogen (secondary N) is 2. The van der Waals surface area contributed by atoms with E-state index in [9.17, 15) is 19.8 Å². The molecule has 4 N–H and O–H groups in total. The monoisotopic (exact) mass is 449 g/mol. The van der Waals surface area contributed by atoms with Gasteiger partial charge < -0.3 is 30.3 Å². The number of carbonyl (C=O) groups excluding carboxylic acids is 2. The fourth-order valence-corrected chi connectivity index (χ4v) is 4.20. The number of rotatable bonds is 7. The van der Waals surface area contributed by atoms with Crippen molar-refractivity contribution in [3.63, 3.8) is 0 Å². The van der Waals surface area contributed by atoms with Crippen molar-refractivity contribution in [3.05, 3.63) is 22.3 Å². The number of morpholine rings is 1. The molecule has 0 spiro atoms. The van der Waals surface area contributed by atoms with E-state index in [1.54, 1.807) is 6.92 Å².